The number of nitrogens with two attached hydrogens (primary N) is 1. The van der Waals surface area contributed by atoms with E-state index in [0.29, 0.717) is 19.5 Å². The van der Waals surface area contributed by atoms with E-state index in [-0.39, 0.29) is 35.0 Å². The van der Waals surface area contributed by atoms with Crippen LogP contribution in [0.2, 0.25) is 0 Å². The minimum absolute atomic E-state index is 0. The fourth-order valence-electron chi connectivity index (χ4n) is 3.74. The van der Waals surface area contributed by atoms with E-state index in [1.54, 1.807) is 18.2 Å². The Kier molecular flexibility index (Phi) is 5.91. The van der Waals surface area contributed by atoms with Gasteiger partial charge in [-0.2, -0.15) is 0 Å². The third kappa shape index (κ3) is 3.31. The van der Waals surface area contributed by atoms with E-state index in [2.05, 4.69) is 4.72 Å². The smallest absolute Gasteiger partial charge is 0.240 e. The molecule has 1 aromatic rings. The van der Waals surface area contributed by atoms with Crippen molar-refractivity contribution in [3.63, 3.8) is 0 Å². The minimum Gasteiger partial charge on any atom is -0.330 e. The number of hydrogen-bond acceptors (Lipinski definition) is 4. The predicted octanol–water partition coefficient (Wildman–Crippen LogP) is 1.28. The third-order valence-electron chi connectivity index (χ3n) is 5.07. The number of rotatable bonds is 4. The number of nitrogens with zero attached hydrogens (tertiary/aromatic N) is 1. The Bertz CT molecular complexity index is 723. The highest BCUT2D eigenvalue weighted by Crippen LogP contribution is 2.37. The predicted molar refractivity (Wildman–Crippen MR) is 95.9 cm³/mol. The number of hydrogen-bond donors (Lipinski definition) is 2. The van der Waals surface area contributed by atoms with Gasteiger partial charge in [0.1, 0.15) is 0 Å². The van der Waals surface area contributed by atoms with Crippen molar-refractivity contribution < 1.29 is 13.2 Å². The van der Waals surface area contributed by atoms with Crippen LogP contribution >= 0.6 is 12.4 Å². The van der Waals surface area contributed by atoms with Crippen LogP contribution in [0, 0.1) is 11.8 Å². The fraction of sp³-hybridized carbons (Fsp3) is 0.562. The van der Waals surface area contributed by atoms with Gasteiger partial charge in [-0.25, -0.2) is 13.1 Å². The van der Waals surface area contributed by atoms with Crippen LogP contribution in [-0.4, -0.2) is 34.5 Å². The summed E-state index contributed by atoms with van der Waals surface area (Å²) in [6.07, 6.45) is 3.66. The molecule has 3 N–H and O–H groups in total. The number of nitrogens with one attached hydrogen (secondary N) is 1. The summed E-state index contributed by atoms with van der Waals surface area (Å²) >= 11 is 0. The number of anilines is 1. The maximum absolute atomic E-state index is 12.9. The molecule has 24 heavy (non-hydrogen) atoms. The zero-order valence-corrected chi connectivity index (χ0v) is 15.3. The summed E-state index contributed by atoms with van der Waals surface area (Å²) in [7, 11) is -2.06. The number of amides is 1. The van der Waals surface area contributed by atoms with Gasteiger partial charge in [0.15, 0.2) is 0 Å². The van der Waals surface area contributed by atoms with E-state index in [9.17, 15) is 13.2 Å². The first kappa shape index (κ1) is 19.2. The summed E-state index contributed by atoms with van der Waals surface area (Å²) in [6.45, 7) is 1.17. The summed E-state index contributed by atoms with van der Waals surface area (Å²) in [6, 6.07) is 4.98. The molecule has 1 heterocycles. The van der Waals surface area contributed by atoms with Gasteiger partial charge in [-0.15, -0.1) is 12.4 Å². The number of carbonyl (C=O) groups is 1. The summed E-state index contributed by atoms with van der Waals surface area (Å²) in [5.74, 6) is 0.420. The van der Waals surface area contributed by atoms with Crippen LogP contribution in [0.25, 0.3) is 0 Å². The molecule has 1 aliphatic heterocycles. The van der Waals surface area contributed by atoms with E-state index >= 15 is 0 Å². The van der Waals surface area contributed by atoms with Crippen molar-refractivity contribution in [3.05, 3.63) is 23.8 Å². The first-order chi connectivity index (χ1) is 11.0. The largest absolute Gasteiger partial charge is 0.330 e. The van der Waals surface area contributed by atoms with E-state index in [4.69, 9.17) is 5.73 Å². The Labute approximate surface area is 149 Å². The lowest BCUT2D eigenvalue weighted by Crippen LogP contribution is -2.38. The average molecular weight is 374 g/mol. The second kappa shape index (κ2) is 7.39. The zero-order valence-electron chi connectivity index (χ0n) is 13.7. The van der Waals surface area contributed by atoms with Gasteiger partial charge in [-0.1, -0.05) is 6.42 Å². The zero-order chi connectivity index (χ0) is 16.6. The number of benzene rings is 1. The lowest BCUT2D eigenvalue weighted by atomic mass is 9.94. The highest BCUT2D eigenvalue weighted by Gasteiger charge is 2.37. The minimum atomic E-state index is -3.46. The lowest BCUT2D eigenvalue weighted by Gasteiger charge is -2.24. The van der Waals surface area contributed by atoms with Crippen LogP contribution in [0.5, 0.6) is 0 Å². The van der Waals surface area contributed by atoms with Crippen molar-refractivity contribution in [2.24, 2.45) is 17.6 Å². The molecular formula is C16H24ClN3O3S. The molecule has 134 valence electrons. The molecule has 6 nitrogen and oxygen atoms in total. The van der Waals surface area contributed by atoms with Crippen LogP contribution in [0.15, 0.2) is 23.1 Å². The second-order valence-corrected chi connectivity index (χ2v) is 8.16. The average Bonchev–Trinajstić information content (AvgIpc) is 3.20. The Morgan fingerprint density at radius 1 is 1.38 bits per heavy atom. The third-order valence-corrected chi connectivity index (χ3v) is 6.48. The molecule has 0 unspecified atom stereocenters. The van der Waals surface area contributed by atoms with Gasteiger partial charge in [0.25, 0.3) is 0 Å². The van der Waals surface area contributed by atoms with Gasteiger partial charge >= 0.3 is 0 Å². The first-order valence-electron chi connectivity index (χ1n) is 8.06. The number of fused-ring (bicyclic) bond motifs is 1. The molecule has 2 aliphatic rings. The van der Waals surface area contributed by atoms with Crippen molar-refractivity contribution in [1.82, 2.24) is 4.72 Å². The quantitative estimate of drug-likeness (QED) is 0.831. The molecule has 0 bridgehead atoms. The topological polar surface area (TPSA) is 92.5 Å². The molecular weight excluding hydrogens is 350 g/mol. The Balaban J connectivity index is 0.00000208. The number of halogens is 1. The van der Waals surface area contributed by atoms with E-state index in [1.807, 2.05) is 4.90 Å². The van der Waals surface area contributed by atoms with Crippen LogP contribution in [0.4, 0.5) is 5.69 Å². The van der Waals surface area contributed by atoms with E-state index < -0.39 is 10.0 Å². The van der Waals surface area contributed by atoms with Crippen molar-refractivity contribution in [1.29, 1.82) is 0 Å². The molecule has 0 aromatic heterocycles. The van der Waals surface area contributed by atoms with Crippen molar-refractivity contribution in [2.45, 2.75) is 30.6 Å². The van der Waals surface area contributed by atoms with Gasteiger partial charge in [0.05, 0.1) is 4.90 Å². The van der Waals surface area contributed by atoms with Crippen LogP contribution in [0.3, 0.4) is 0 Å². The summed E-state index contributed by atoms with van der Waals surface area (Å²) in [5.41, 5.74) is 7.55. The standard InChI is InChI=1S/C16H23N3O3S.ClH/c1-18-23(21,22)13-5-6-15-11(9-13)7-8-19(15)16(20)14-4-2-3-12(14)10-17;/h5-6,9,12,14,18H,2-4,7-8,10,17H2,1H3;1H/t12-,14-;/m1./s1. The van der Waals surface area contributed by atoms with Crippen molar-refractivity contribution in [2.75, 3.05) is 25.0 Å². The molecule has 1 saturated carbocycles. The van der Waals surface area contributed by atoms with Gasteiger partial charge in [0.2, 0.25) is 15.9 Å². The molecule has 1 amide bonds. The molecule has 0 radical (unpaired) electrons. The highest BCUT2D eigenvalue weighted by atomic mass is 35.5. The monoisotopic (exact) mass is 373 g/mol. The molecule has 3 rings (SSSR count). The Morgan fingerprint density at radius 3 is 2.79 bits per heavy atom. The van der Waals surface area contributed by atoms with Crippen LogP contribution in [-0.2, 0) is 21.2 Å². The molecule has 8 heteroatoms. The maximum Gasteiger partial charge on any atom is 0.240 e. The van der Waals surface area contributed by atoms with Gasteiger partial charge in [-0.3, -0.25) is 4.79 Å². The summed E-state index contributed by atoms with van der Waals surface area (Å²) in [4.78, 5) is 14.9. The summed E-state index contributed by atoms with van der Waals surface area (Å²) < 4.78 is 26.1. The van der Waals surface area contributed by atoms with Crippen LogP contribution < -0.4 is 15.4 Å². The highest BCUT2D eigenvalue weighted by molar-refractivity contribution is 7.89. The van der Waals surface area contributed by atoms with Crippen molar-refractivity contribution >= 4 is 34.0 Å². The number of sulfonamides is 1. The fourth-order valence-corrected chi connectivity index (χ4v) is 4.52. The summed E-state index contributed by atoms with van der Waals surface area (Å²) in [5, 5.41) is 0. The van der Waals surface area contributed by atoms with Gasteiger partial charge in [-0.05, 0) is 62.5 Å². The molecule has 0 saturated heterocycles. The van der Waals surface area contributed by atoms with E-state index in [0.717, 1.165) is 30.5 Å². The Hall–Kier alpha value is -1.15. The molecule has 0 spiro atoms. The van der Waals surface area contributed by atoms with E-state index in [1.165, 1.54) is 7.05 Å². The first-order valence-corrected chi connectivity index (χ1v) is 9.54. The SMILES string of the molecule is CNS(=O)(=O)c1ccc2c(c1)CCN2C(=O)[C@@H]1CCC[C@@H]1CN.Cl. The Morgan fingerprint density at radius 2 is 2.12 bits per heavy atom. The van der Waals surface area contributed by atoms with Crippen LogP contribution in [0.1, 0.15) is 24.8 Å². The lowest BCUT2D eigenvalue weighted by molar-refractivity contribution is -0.123. The molecule has 1 fully saturated rings. The molecule has 1 aliphatic carbocycles. The normalized spacial score (nSPS) is 23.0. The van der Waals surface area contributed by atoms with Gasteiger partial charge in [0, 0.05) is 18.2 Å². The van der Waals surface area contributed by atoms with Crippen molar-refractivity contribution in [3.8, 4) is 0 Å². The van der Waals surface area contributed by atoms with Gasteiger partial charge < -0.3 is 10.6 Å². The molecule has 2 atom stereocenters. The number of carbonyl (C=O) groups excluding carboxylic acids is 1. The molecule has 1 aromatic carbocycles. The maximum atomic E-state index is 12.9. The second-order valence-electron chi connectivity index (χ2n) is 6.27.